The first-order valence-corrected chi connectivity index (χ1v) is 8.68. The standard InChI is InChI=1S/C16H18F3N3O3S/c1-8(20)3-4-10-13(26(24)25)7-22(2)15(10)16(23)21-9-5-11(17)14(19)12(18)6-9/h5-8H,3-4,20H2,1-2H3,(H,21,23)(H,24,25)/p-1/t8-/m0/s1. The Bertz CT molecular complexity index is 845. The Morgan fingerprint density at radius 3 is 2.42 bits per heavy atom. The quantitative estimate of drug-likeness (QED) is 0.585. The third-order valence-electron chi connectivity index (χ3n) is 3.73. The number of hydrogen-bond acceptors (Lipinski definition) is 4. The Hall–Kier alpha value is -2.17. The minimum absolute atomic E-state index is 0.00925. The van der Waals surface area contributed by atoms with Crippen molar-refractivity contribution in [3.8, 4) is 0 Å². The maximum Gasteiger partial charge on any atom is 0.272 e. The Morgan fingerprint density at radius 2 is 1.92 bits per heavy atom. The van der Waals surface area contributed by atoms with E-state index in [0.29, 0.717) is 18.6 Å². The minimum atomic E-state index is -2.58. The number of nitrogens with one attached hydrogen (secondary N) is 1. The molecule has 1 aromatic carbocycles. The molecule has 3 N–H and O–H groups in total. The highest BCUT2D eigenvalue weighted by molar-refractivity contribution is 7.79. The van der Waals surface area contributed by atoms with Gasteiger partial charge in [0.05, 0.1) is 0 Å². The van der Waals surface area contributed by atoms with Crippen molar-refractivity contribution < 1.29 is 26.7 Å². The second kappa shape index (κ2) is 8.02. The van der Waals surface area contributed by atoms with Gasteiger partial charge in [-0.1, -0.05) is 0 Å². The van der Waals surface area contributed by atoms with Crippen LogP contribution in [0.5, 0.6) is 0 Å². The minimum Gasteiger partial charge on any atom is -0.768 e. The van der Waals surface area contributed by atoms with Gasteiger partial charge in [0.1, 0.15) is 5.69 Å². The zero-order chi connectivity index (χ0) is 19.6. The summed E-state index contributed by atoms with van der Waals surface area (Å²) in [6.07, 6.45) is 1.91. The molecule has 1 heterocycles. The van der Waals surface area contributed by atoms with Crippen molar-refractivity contribution in [2.45, 2.75) is 30.7 Å². The number of aromatic nitrogens is 1. The van der Waals surface area contributed by atoms with Crippen LogP contribution in [-0.4, -0.2) is 25.3 Å². The van der Waals surface area contributed by atoms with Gasteiger partial charge in [0.15, 0.2) is 17.5 Å². The molecule has 0 saturated carbocycles. The van der Waals surface area contributed by atoms with Crippen LogP contribution >= 0.6 is 0 Å². The number of nitrogens with zero attached hydrogens (tertiary/aromatic N) is 1. The highest BCUT2D eigenvalue weighted by atomic mass is 32.2. The predicted molar refractivity (Wildman–Crippen MR) is 88.8 cm³/mol. The van der Waals surface area contributed by atoms with Gasteiger partial charge in [-0.2, -0.15) is 0 Å². The zero-order valence-electron chi connectivity index (χ0n) is 14.0. The van der Waals surface area contributed by atoms with E-state index in [1.54, 1.807) is 6.92 Å². The Morgan fingerprint density at radius 1 is 1.35 bits per heavy atom. The predicted octanol–water partition coefficient (Wildman–Crippen LogP) is 2.21. The van der Waals surface area contributed by atoms with Crippen molar-refractivity contribution in [2.24, 2.45) is 12.8 Å². The largest absolute Gasteiger partial charge is 0.768 e. The molecular weight excluding hydrogens is 371 g/mol. The van der Waals surface area contributed by atoms with Gasteiger partial charge in [-0.05, 0) is 36.4 Å². The second-order valence-electron chi connectivity index (χ2n) is 5.89. The summed E-state index contributed by atoms with van der Waals surface area (Å²) >= 11 is -2.58. The summed E-state index contributed by atoms with van der Waals surface area (Å²) in [5.41, 5.74) is 5.65. The van der Waals surface area contributed by atoms with Gasteiger partial charge < -0.3 is 20.2 Å². The van der Waals surface area contributed by atoms with E-state index in [1.807, 2.05) is 0 Å². The number of benzene rings is 1. The molecule has 142 valence electrons. The monoisotopic (exact) mass is 388 g/mol. The topological polar surface area (TPSA) is 100 Å². The molecule has 0 saturated heterocycles. The summed E-state index contributed by atoms with van der Waals surface area (Å²) < 4.78 is 63.8. The lowest BCUT2D eigenvalue weighted by Gasteiger charge is -2.12. The normalized spacial score (nSPS) is 13.5. The van der Waals surface area contributed by atoms with Gasteiger partial charge in [-0.15, -0.1) is 0 Å². The second-order valence-corrected chi connectivity index (χ2v) is 6.80. The molecule has 0 aliphatic rings. The summed E-state index contributed by atoms with van der Waals surface area (Å²) in [5.74, 6) is -5.34. The molecule has 1 amide bonds. The molecule has 6 nitrogen and oxygen atoms in total. The number of halogens is 3. The van der Waals surface area contributed by atoms with Gasteiger partial charge >= 0.3 is 0 Å². The Labute approximate surface area is 150 Å². The van der Waals surface area contributed by atoms with E-state index in [9.17, 15) is 26.7 Å². The molecule has 0 spiro atoms. The Kier molecular flexibility index (Phi) is 6.21. The lowest BCUT2D eigenvalue weighted by atomic mass is 10.1. The average Bonchev–Trinajstić information content (AvgIpc) is 2.87. The van der Waals surface area contributed by atoms with Crippen LogP contribution in [0.3, 0.4) is 0 Å². The van der Waals surface area contributed by atoms with Crippen LogP contribution in [0.25, 0.3) is 0 Å². The van der Waals surface area contributed by atoms with E-state index in [4.69, 9.17) is 5.73 Å². The summed E-state index contributed by atoms with van der Waals surface area (Å²) in [6.45, 7) is 1.74. The summed E-state index contributed by atoms with van der Waals surface area (Å²) in [5, 5.41) is 2.25. The van der Waals surface area contributed by atoms with Gasteiger partial charge in [0.25, 0.3) is 5.91 Å². The zero-order valence-corrected chi connectivity index (χ0v) is 14.8. The molecule has 0 fully saturated rings. The van der Waals surface area contributed by atoms with Crippen LogP contribution < -0.4 is 11.1 Å². The molecule has 0 radical (unpaired) electrons. The molecular formula is C16H17F3N3O3S-. The van der Waals surface area contributed by atoms with Crippen molar-refractivity contribution in [1.82, 2.24) is 4.57 Å². The highest BCUT2D eigenvalue weighted by Gasteiger charge is 2.22. The van der Waals surface area contributed by atoms with Crippen LogP contribution in [0.2, 0.25) is 0 Å². The first-order chi connectivity index (χ1) is 12.1. The summed E-state index contributed by atoms with van der Waals surface area (Å²) in [4.78, 5) is 12.5. The fraction of sp³-hybridized carbons (Fsp3) is 0.312. The van der Waals surface area contributed by atoms with E-state index < -0.39 is 34.4 Å². The van der Waals surface area contributed by atoms with Gasteiger partial charge in [0, 0.05) is 42.0 Å². The number of aryl methyl sites for hydroxylation is 1. The van der Waals surface area contributed by atoms with E-state index in [0.717, 1.165) is 0 Å². The molecule has 10 heteroatoms. The number of hydrogen-bond donors (Lipinski definition) is 2. The molecule has 0 aliphatic heterocycles. The van der Waals surface area contributed by atoms with E-state index >= 15 is 0 Å². The van der Waals surface area contributed by atoms with Crippen LogP contribution in [0.15, 0.2) is 23.2 Å². The molecule has 2 atom stereocenters. The number of carbonyl (C=O) groups excluding carboxylic acids is 1. The lowest BCUT2D eigenvalue weighted by molar-refractivity contribution is 0.101. The van der Waals surface area contributed by atoms with Crippen molar-refractivity contribution in [3.05, 3.63) is 47.0 Å². The van der Waals surface area contributed by atoms with Crippen molar-refractivity contribution in [2.75, 3.05) is 5.32 Å². The molecule has 1 unspecified atom stereocenters. The summed E-state index contributed by atoms with van der Waals surface area (Å²) in [7, 11) is 1.46. The van der Waals surface area contributed by atoms with Crippen LogP contribution in [0.4, 0.5) is 18.9 Å². The fourth-order valence-corrected chi connectivity index (χ4v) is 3.16. The molecule has 2 aromatic rings. The van der Waals surface area contributed by atoms with Gasteiger partial charge in [-0.25, -0.2) is 13.2 Å². The molecule has 26 heavy (non-hydrogen) atoms. The van der Waals surface area contributed by atoms with E-state index in [-0.39, 0.29) is 34.3 Å². The van der Waals surface area contributed by atoms with Crippen molar-refractivity contribution in [3.63, 3.8) is 0 Å². The van der Waals surface area contributed by atoms with Gasteiger partial charge in [-0.3, -0.25) is 9.00 Å². The molecule has 0 aliphatic carbocycles. The van der Waals surface area contributed by atoms with E-state index in [2.05, 4.69) is 5.32 Å². The maximum atomic E-state index is 13.3. The average molecular weight is 388 g/mol. The number of carbonyl (C=O) groups is 1. The van der Waals surface area contributed by atoms with E-state index in [1.165, 1.54) is 17.8 Å². The van der Waals surface area contributed by atoms with Crippen molar-refractivity contribution in [1.29, 1.82) is 0 Å². The first kappa shape index (κ1) is 20.1. The lowest BCUT2D eigenvalue weighted by Crippen LogP contribution is -2.20. The van der Waals surface area contributed by atoms with Crippen molar-refractivity contribution >= 4 is 22.7 Å². The smallest absolute Gasteiger partial charge is 0.272 e. The summed E-state index contributed by atoms with van der Waals surface area (Å²) in [6, 6.07) is 1.04. The third-order valence-corrected chi connectivity index (χ3v) is 4.44. The Balaban J connectivity index is 2.40. The highest BCUT2D eigenvalue weighted by Crippen LogP contribution is 2.24. The molecule has 0 bridgehead atoms. The molecule has 2 rings (SSSR count). The van der Waals surface area contributed by atoms with Crippen LogP contribution in [0.1, 0.15) is 29.4 Å². The number of nitrogens with two attached hydrogens (primary N) is 1. The fourth-order valence-electron chi connectivity index (χ4n) is 2.52. The number of anilines is 1. The number of amides is 1. The number of rotatable bonds is 6. The first-order valence-electron chi connectivity index (χ1n) is 7.60. The SMILES string of the molecule is C[C@H](N)CCc1c(S(=O)[O-])cn(C)c1C(=O)Nc1cc(F)c(F)c(F)c1. The molecule has 1 aromatic heterocycles. The van der Waals surface area contributed by atoms with Crippen LogP contribution in [0, 0.1) is 17.5 Å². The van der Waals surface area contributed by atoms with Crippen LogP contribution in [-0.2, 0) is 24.5 Å². The van der Waals surface area contributed by atoms with Gasteiger partial charge in [0.2, 0.25) is 0 Å². The third kappa shape index (κ3) is 4.32. The maximum absolute atomic E-state index is 13.3.